The minimum absolute atomic E-state index is 0.184. The smallest absolute Gasteiger partial charge is 0.325 e. The Morgan fingerprint density at radius 2 is 2.30 bits per heavy atom. The van der Waals surface area contributed by atoms with Crippen LogP contribution in [-0.4, -0.2) is 30.4 Å². The summed E-state index contributed by atoms with van der Waals surface area (Å²) in [5.74, 6) is 0.655. The van der Waals surface area contributed by atoms with Crippen LogP contribution in [0.15, 0.2) is 29.2 Å². The van der Waals surface area contributed by atoms with Crippen molar-refractivity contribution < 1.29 is 9.53 Å². The van der Waals surface area contributed by atoms with E-state index in [2.05, 4.69) is 5.32 Å². The van der Waals surface area contributed by atoms with Crippen LogP contribution in [0.4, 0.5) is 0 Å². The fraction of sp³-hybridized carbons (Fsp3) is 0.533. The van der Waals surface area contributed by atoms with Crippen molar-refractivity contribution in [2.24, 2.45) is 0 Å². The van der Waals surface area contributed by atoms with Gasteiger partial charge in [0.05, 0.1) is 7.11 Å². The van der Waals surface area contributed by atoms with Crippen LogP contribution in [-0.2, 0) is 9.53 Å². The average Bonchev–Trinajstić information content (AvgIpc) is 3.21. The fourth-order valence-electron chi connectivity index (χ4n) is 2.07. The average molecular weight is 314 g/mol. The molecule has 1 saturated carbocycles. The first-order chi connectivity index (χ1) is 9.53. The van der Waals surface area contributed by atoms with Gasteiger partial charge < -0.3 is 4.74 Å². The lowest BCUT2D eigenvalue weighted by Gasteiger charge is -2.28. The molecule has 3 nitrogen and oxygen atoms in total. The molecule has 1 aromatic carbocycles. The van der Waals surface area contributed by atoms with Crippen LogP contribution in [0.3, 0.4) is 0 Å². The number of methoxy groups -OCH3 is 1. The normalized spacial score (nSPS) is 17.6. The zero-order valence-electron chi connectivity index (χ0n) is 11.8. The Hall–Kier alpha value is -0.710. The first kappa shape index (κ1) is 15.7. The number of rotatable bonds is 7. The molecule has 1 aliphatic rings. The highest BCUT2D eigenvalue weighted by Gasteiger charge is 2.38. The summed E-state index contributed by atoms with van der Waals surface area (Å²) >= 11 is 7.67. The minimum Gasteiger partial charge on any atom is -0.468 e. The van der Waals surface area contributed by atoms with Crippen molar-refractivity contribution in [3.05, 3.63) is 29.3 Å². The van der Waals surface area contributed by atoms with Crippen molar-refractivity contribution in [1.29, 1.82) is 0 Å². The van der Waals surface area contributed by atoms with E-state index in [1.807, 2.05) is 31.2 Å². The predicted octanol–water partition coefficient (Wildman–Crippen LogP) is 3.51. The van der Waals surface area contributed by atoms with Crippen molar-refractivity contribution >= 4 is 29.3 Å². The molecule has 0 amide bonds. The third-order valence-corrected chi connectivity index (χ3v) is 4.63. The molecule has 0 saturated heterocycles. The molecule has 0 aliphatic heterocycles. The van der Waals surface area contributed by atoms with Crippen LogP contribution in [0, 0.1) is 0 Å². The van der Waals surface area contributed by atoms with E-state index >= 15 is 0 Å². The Balaban J connectivity index is 1.89. The Labute approximate surface area is 129 Å². The number of benzene rings is 1. The van der Waals surface area contributed by atoms with Crippen LogP contribution in [0.5, 0.6) is 0 Å². The van der Waals surface area contributed by atoms with Gasteiger partial charge in [-0.25, -0.2) is 0 Å². The highest BCUT2D eigenvalue weighted by Crippen LogP contribution is 2.28. The Kier molecular flexibility index (Phi) is 5.35. The number of carbonyl (C=O) groups is 1. The van der Waals surface area contributed by atoms with Gasteiger partial charge in [0, 0.05) is 21.7 Å². The molecule has 5 heteroatoms. The summed E-state index contributed by atoms with van der Waals surface area (Å²) in [5, 5.41) is 4.14. The fourth-order valence-corrected chi connectivity index (χ4v) is 3.45. The monoisotopic (exact) mass is 313 g/mol. The lowest BCUT2D eigenvalue weighted by Crippen LogP contribution is -2.51. The second-order valence-electron chi connectivity index (χ2n) is 5.30. The zero-order valence-corrected chi connectivity index (χ0v) is 13.4. The van der Waals surface area contributed by atoms with Gasteiger partial charge in [-0.15, -0.1) is 11.8 Å². The molecule has 0 heterocycles. The lowest BCUT2D eigenvalue weighted by atomic mass is 9.99. The van der Waals surface area contributed by atoms with Gasteiger partial charge in [0.25, 0.3) is 0 Å². The van der Waals surface area contributed by atoms with E-state index in [1.165, 1.54) is 7.11 Å². The summed E-state index contributed by atoms with van der Waals surface area (Å²) < 4.78 is 4.93. The molecule has 0 spiro atoms. The molecule has 20 heavy (non-hydrogen) atoms. The van der Waals surface area contributed by atoms with E-state index in [4.69, 9.17) is 16.3 Å². The van der Waals surface area contributed by atoms with Gasteiger partial charge in [-0.05, 0) is 44.4 Å². The highest BCUT2D eigenvalue weighted by molar-refractivity contribution is 7.99. The van der Waals surface area contributed by atoms with Gasteiger partial charge >= 0.3 is 5.97 Å². The van der Waals surface area contributed by atoms with Gasteiger partial charge in [-0.2, -0.15) is 0 Å². The molecule has 110 valence electrons. The summed E-state index contributed by atoms with van der Waals surface area (Å²) in [6.07, 6.45) is 3.02. The number of esters is 1. The van der Waals surface area contributed by atoms with Crippen LogP contribution in [0.1, 0.15) is 26.2 Å². The molecule has 0 radical (unpaired) electrons. The number of hydrogen-bond acceptors (Lipinski definition) is 4. The quantitative estimate of drug-likeness (QED) is 0.617. The number of ether oxygens (including phenoxy) is 1. The second kappa shape index (κ2) is 6.83. The standard InChI is InChI=1S/C15H20ClNO2S/c1-15(14(18)19-2,17-12-6-7-12)8-9-20-13-5-3-4-11(16)10-13/h3-5,10,12,17H,6-9H2,1-2H3. The SMILES string of the molecule is COC(=O)C(C)(CCSc1cccc(Cl)c1)NC1CC1. The van der Waals surface area contributed by atoms with E-state index in [0.29, 0.717) is 6.04 Å². The maximum Gasteiger partial charge on any atom is 0.325 e. The second-order valence-corrected chi connectivity index (χ2v) is 6.90. The molecule has 1 fully saturated rings. The Bertz CT molecular complexity index is 479. The zero-order chi connectivity index (χ0) is 14.6. The Morgan fingerprint density at radius 3 is 2.90 bits per heavy atom. The van der Waals surface area contributed by atoms with Crippen LogP contribution < -0.4 is 5.32 Å². The third kappa shape index (κ3) is 4.40. The van der Waals surface area contributed by atoms with Crippen LogP contribution >= 0.6 is 23.4 Å². The van der Waals surface area contributed by atoms with Crippen molar-refractivity contribution in [2.45, 2.75) is 42.7 Å². The van der Waals surface area contributed by atoms with Gasteiger partial charge in [0.15, 0.2) is 0 Å². The summed E-state index contributed by atoms with van der Waals surface area (Å²) in [4.78, 5) is 13.1. The number of hydrogen-bond donors (Lipinski definition) is 1. The van der Waals surface area contributed by atoms with Crippen molar-refractivity contribution in [3.8, 4) is 0 Å². The third-order valence-electron chi connectivity index (χ3n) is 3.40. The first-order valence-corrected chi connectivity index (χ1v) is 8.14. The van der Waals surface area contributed by atoms with Gasteiger partial charge in [-0.3, -0.25) is 10.1 Å². The summed E-state index contributed by atoms with van der Waals surface area (Å²) in [6.45, 7) is 1.93. The molecule has 1 unspecified atom stereocenters. The van der Waals surface area contributed by atoms with Gasteiger partial charge in [-0.1, -0.05) is 17.7 Å². The topological polar surface area (TPSA) is 38.3 Å². The maximum atomic E-state index is 12.0. The number of halogens is 1. The van der Waals surface area contributed by atoms with Gasteiger partial charge in [0.1, 0.15) is 5.54 Å². The van der Waals surface area contributed by atoms with E-state index in [9.17, 15) is 4.79 Å². The molecule has 0 aromatic heterocycles. The summed E-state index contributed by atoms with van der Waals surface area (Å²) in [7, 11) is 1.44. The highest BCUT2D eigenvalue weighted by atomic mass is 35.5. The van der Waals surface area contributed by atoms with Crippen molar-refractivity contribution in [3.63, 3.8) is 0 Å². The van der Waals surface area contributed by atoms with Gasteiger partial charge in [0.2, 0.25) is 0 Å². The first-order valence-electron chi connectivity index (χ1n) is 6.78. The molecular weight excluding hydrogens is 294 g/mol. The number of carbonyl (C=O) groups excluding carboxylic acids is 1. The van der Waals surface area contributed by atoms with E-state index in [1.54, 1.807) is 11.8 Å². The molecule has 0 bridgehead atoms. The van der Waals surface area contributed by atoms with E-state index in [-0.39, 0.29) is 5.97 Å². The van der Waals surface area contributed by atoms with E-state index in [0.717, 1.165) is 34.9 Å². The molecule has 1 atom stereocenters. The summed E-state index contributed by atoms with van der Waals surface area (Å²) in [6, 6.07) is 8.23. The molecule has 1 aliphatic carbocycles. The van der Waals surface area contributed by atoms with Crippen LogP contribution in [0.25, 0.3) is 0 Å². The largest absolute Gasteiger partial charge is 0.468 e. The molecule has 1 aromatic rings. The summed E-state index contributed by atoms with van der Waals surface area (Å²) in [5.41, 5.74) is -0.596. The Morgan fingerprint density at radius 1 is 1.55 bits per heavy atom. The van der Waals surface area contributed by atoms with Crippen molar-refractivity contribution in [1.82, 2.24) is 5.32 Å². The predicted molar refractivity (Wildman–Crippen MR) is 83.4 cm³/mol. The van der Waals surface area contributed by atoms with E-state index < -0.39 is 5.54 Å². The minimum atomic E-state index is -0.596. The van der Waals surface area contributed by atoms with Crippen LogP contribution in [0.2, 0.25) is 5.02 Å². The molecular formula is C15H20ClNO2S. The number of nitrogens with one attached hydrogen (secondary N) is 1. The number of thioether (sulfide) groups is 1. The molecule has 1 N–H and O–H groups in total. The van der Waals surface area contributed by atoms with Crippen molar-refractivity contribution in [2.75, 3.05) is 12.9 Å². The maximum absolute atomic E-state index is 12.0. The lowest BCUT2D eigenvalue weighted by molar-refractivity contribution is -0.148. The molecule has 2 rings (SSSR count).